The maximum atomic E-state index is 5.89. The number of ether oxygens (including phenoxy) is 1. The molecule has 4 nitrogen and oxygen atoms in total. The lowest BCUT2D eigenvalue weighted by atomic mass is 10.2. The summed E-state index contributed by atoms with van der Waals surface area (Å²) in [7, 11) is 1.60. The first kappa shape index (κ1) is 11.0. The fraction of sp³-hybridized carbons (Fsp3) is 0.0769. The molecular weight excluding hydrogens is 250 g/mol. The van der Waals surface area contributed by atoms with Crippen LogP contribution < -0.4 is 4.74 Å². The van der Waals surface area contributed by atoms with Gasteiger partial charge in [-0.15, -0.1) is 0 Å². The van der Waals surface area contributed by atoms with Crippen molar-refractivity contribution in [2.45, 2.75) is 0 Å². The Morgan fingerprint density at radius 1 is 1.11 bits per heavy atom. The largest absolute Gasteiger partial charge is 0.479 e. The Morgan fingerprint density at radius 3 is 2.61 bits per heavy atom. The van der Waals surface area contributed by atoms with Gasteiger partial charge in [0, 0.05) is 5.56 Å². The number of halogens is 1. The van der Waals surface area contributed by atoms with E-state index in [1.54, 1.807) is 17.7 Å². The molecule has 0 saturated heterocycles. The summed E-state index contributed by atoms with van der Waals surface area (Å²) < 4.78 is 6.99. The number of rotatable bonds is 2. The third-order valence-electron chi connectivity index (χ3n) is 2.64. The number of methoxy groups -OCH3 is 1. The Balaban J connectivity index is 2.30. The number of hydrogen-bond donors (Lipinski definition) is 0. The van der Waals surface area contributed by atoms with Gasteiger partial charge >= 0.3 is 0 Å². The van der Waals surface area contributed by atoms with E-state index in [0.29, 0.717) is 16.7 Å². The molecule has 0 aliphatic rings. The van der Waals surface area contributed by atoms with Crippen LogP contribution in [0.4, 0.5) is 0 Å². The van der Waals surface area contributed by atoms with Crippen LogP contribution in [0.5, 0.6) is 5.88 Å². The highest BCUT2D eigenvalue weighted by molar-refractivity contribution is 6.29. The molecule has 0 bridgehead atoms. The minimum Gasteiger partial charge on any atom is -0.479 e. The Labute approximate surface area is 109 Å². The van der Waals surface area contributed by atoms with E-state index in [4.69, 9.17) is 16.3 Å². The Bertz CT molecular complexity index is 694. The van der Waals surface area contributed by atoms with Crippen molar-refractivity contribution in [3.63, 3.8) is 0 Å². The average Bonchev–Trinajstić information content (AvgIpc) is 2.77. The Morgan fingerprint density at radius 2 is 1.89 bits per heavy atom. The zero-order valence-corrected chi connectivity index (χ0v) is 10.4. The highest BCUT2D eigenvalue weighted by atomic mass is 35.5. The topological polar surface area (TPSA) is 39.4 Å². The normalized spacial score (nSPS) is 10.8. The minimum atomic E-state index is 0.401. The van der Waals surface area contributed by atoms with Gasteiger partial charge in [0.15, 0.2) is 5.65 Å². The van der Waals surface area contributed by atoms with Crippen LogP contribution in [-0.4, -0.2) is 21.7 Å². The molecule has 0 aliphatic heterocycles. The van der Waals surface area contributed by atoms with Crippen molar-refractivity contribution in [2.24, 2.45) is 0 Å². The van der Waals surface area contributed by atoms with E-state index < -0.39 is 0 Å². The summed E-state index contributed by atoms with van der Waals surface area (Å²) in [6.07, 6.45) is 0. The van der Waals surface area contributed by atoms with Crippen LogP contribution >= 0.6 is 11.6 Å². The van der Waals surface area contributed by atoms with Crippen molar-refractivity contribution in [3.05, 3.63) is 47.6 Å². The van der Waals surface area contributed by atoms with Crippen molar-refractivity contribution in [1.29, 1.82) is 0 Å². The smallest absolute Gasteiger partial charge is 0.243 e. The van der Waals surface area contributed by atoms with Crippen LogP contribution in [0.1, 0.15) is 0 Å². The van der Waals surface area contributed by atoms with Crippen LogP contribution in [0.15, 0.2) is 42.5 Å². The molecule has 0 fully saturated rings. The van der Waals surface area contributed by atoms with E-state index in [1.807, 2.05) is 36.4 Å². The van der Waals surface area contributed by atoms with Gasteiger partial charge in [-0.1, -0.05) is 41.9 Å². The summed E-state index contributed by atoms with van der Waals surface area (Å²) in [5, 5.41) is 4.59. The van der Waals surface area contributed by atoms with Gasteiger partial charge in [0.25, 0.3) is 0 Å². The molecule has 5 heteroatoms. The maximum absolute atomic E-state index is 5.89. The molecule has 18 heavy (non-hydrogen) atoms. The van der Waals surface area contributed by atoms with E-state index in [1.165, 1.54) is 0 Å². The molecule has 0 amide bonds. The molecule has 0 atom stereocenters. The number of fused-ring (bicyclic) bond motifs is 1. The fourth-order valence-corrected chi connectivity index (χ4v) is 2.00. The zero-order chi connectivity index (χ0) is 12.5. The zero-order valence-electron chi connectivity index (χ0n) is 9.67. The third kappa shape index (κ3) is 1.71. The van der Waals surface area contributed by atoms with Gasteiger partial charge in [-0.2, -0.15) is 9.61 Å². The van der Waals surface area contributed by atoms with Crippen molar-refractivity contribution in [3.8, 4) is 17.1 Å². The first-order valence-corrected chi connectivity index (χ1v) is 5.82. The Hall–Kier alpha value is -2.07. The standard InChI is InChI=1S/C13H10ClN3O/c1-18-13-12(9-5-3-2-4-6-9)15-11-8-7-10(14)16-17(11)13/h2-8H,1H3. The highest BCUT2D eigenvalue weighted by Gasteiger charge is 2.15. The maximum Gasteiger partial charge on any atom is 0.243 e. The molecule has 2 aromatic heterocycles. The van der Waals surface area contributed by atoms with Crippen LogP contribution in [0, 0.1) is 0 Å². The highest BCUT2D eigenvalue weighted by Crippen LogP contribution is 2.29. The summed E-state index contributed by atoms with van der Waals surface area (Å²) in [6, 6.07) is 13.3. The van der Waals surface area contributed by atoms with Gasteiger partial charge in [-0.05, 0) is 12.1 Å². The van der Waals surface area contributed by atoms with Crippen molar-refractivity contribution in [2.75, 3.05) is 7.11 Å². The number of benzene rings is 1. The van der Waals surface area contributed by atoms with Crippen LogP contribution in [-0.2, 0) is 0 Å². The average molecular weight is 260 g/mol. The second-order valence-electron chi connectivity index (χ2n) is 3.76. The SMILES string of the molecule is COc1c(-c2ccccc2)nc2ccc(Cl)nn12. The predicted octanol–water partition coefficient (Wildman–Crippen LogP) is 3.06. The van der Waals surface area contributed by atoms with Crippen LogP contribution in [0.25, 0.3) is 16.9 Å². The second-order valence-corrected chi connectivity index (χ2v) is 4.15. The molecular formula is C13H10ClN3O. The summed E-state index contributed by atoms with van der Waals surface area (Å²) in [4.78, 5) is 4.51. The number of hydrogen-bond acceptors (Lipinski definition) is 3. The molecule has 1 aromatic carbocycles. The van der Waals surface area contributed by atoms with E-state index in [2.05, 4.69) is 10.1 Å². The summed E-state index contributed by atoms with van der Waals surface area (Å²) in [5.74, 6) is 0.582. The van der Waals surface area contributed by atoms with Crippen molar-refractivity contribution < 1.29 is 4.74 Å². The van der Waals surface area contributed by atoms with Gasteiger partial charge in [0.1, 0.15) is 10.8 Å². The van der Waals surface area contributed by atoms with Crippen molar-refractivity contribution >= 4 is 17.2 Å². The number of imidazole rings is 1. The van der Waals surface area contributed by atoms with Gasteiger partial charge in [-0.3, -0.25) is 0 Å². The number of aromatic nitrogens is 3. The fourth-order valence-electron chi connectivity index (χ4n) is 1.86. The molecule has 90 valence electrons. The van der Waals surface area contributed by atoms with E-state index in [0.717, 1.165) is 11.3 Å². The molecule has 3 rings (SSSR count). The molecule has 0 N–H and O–H groups in total. The third-order valence-corrected chi connectivity index (χ3v) is 2.85. The van der Waals surface area contributed by atoms with Gasteiger partial charge in [0.2, 0.25) is 5.88 Å². The van der Waals surface area contributed by atoms with Gasteiger partial charge in [-0.25, -0.2) is 4.98 Å². The molecule has 3 aromatic rings. The monoisotopic (exact) mass is 259 g/mol. The molecule has 0 radical (unpaired) electrons. The lowest BCUT2D eigenvalue weighted by Crippen LogP contribution is -1.95. The van der Waals surface area contributed by atoms with E-state index in [-0.39, 0.29) is 0 Å². The van der Waals surface area contributed by atoms with Gasteiger partial charge < -0.3 is 4.74 Å². The minimum absolute atomic E-state index is 0.401. The van der Waals surface area contributed by atoms with E-state index >= 15 is 0 Å². The van der Waals surface area contributed by atoms with E-state index in [9.17, 15) is 0 Å². The first-order chi connectivity index (χ1) is 8.79. The molecule has 0 aliphatic carbocycles. The molecule has 2 heterocycles. The Kier molecular flexibility index (Phi) is 2.64. The quantitative estimate of drug-likeness (QED) is 0.710. The predicted molar refractivity (Wildman–Crippen MR) is 70.0 cm³/mol. The molecule has 0 unspecified atom stereocenters. The first-order valence-electron chi connectivity index (χ1n) is 5.44. The second kappa shape index (κ2) is 4.31. The van der Waals surface area contributed by atoms with Crippen LogP contribution in [0.2, 0.25) is 5.15 Å². The van der Waals surface area contributed by atoms with Gasteiger partial charge in [0.05, 0.1) is 7.11 Å². The van der Waals surface area contributed by atoms with Crippen molar-refractivity contribution in [1.82, 2.24) is 14.6 Å². The summed E-state index contributed by atoms with van der Waals surface area (Å²) in [5.41, 5.74) is 2.44. The molecule has 0 spiro atoms. The lowest BCUT2D eigenvalue weighted by Gasteiger charge is -2.02. The molecule has 0 saturated carbocycles. The number of nitrogens with zero attached hydrogens (tertiary/aromatic N) is 3. The summed E-state index contributed by atoms with van der Waals surface area (Å²) >= 11 is 5.89. The van der Waals surface area contributed by atoms with Crippen LogP contribution in [0.3, 0.4) is 0 Å². The lowest BCUT2D eigenvalue weighted by molar-refractivity contribution is 0.389. The summed E-state index contributed by atoms with van der Waals surface area (Å²) in [6.45, 7) is 0.